The van der Waals surface area contributed by atoms with Crippen LogP contribution in [0.3, 0.4) is 0 Å². The molecule has 0 atom stereocenters. The molecule has 0 saturated carbocycles. The van der Waals surface area contributed by atoms with Gasteiger partial charge in [0.2, 0.25) is 0 Å². The van der Waals surface area contributed by atoms with Gasteiger partial charge >= 0.3 is 5.97 Å². The summed E-state index contributed by atoms with van der Waals surface area (Å²) in [6.45, 7) is 1.87. The van der Waals surface area contributed by atoms with E-state index in [0.717, 1.165) is 0 Å². The minimum absolute atomic E-state index is 0.134. The van der Waals surface area contributed by atoms with Gasteiger partial charge in [-0.2, -0.15) is 5.26 Å². The second-order valence-electron chi connectivity index (χ2n) is 4.44. The highest BCUT2D eigenvalue weighted by Crippen LogP contribution is 2.34. The Kier molecular flexibility index (Phi) is 5.45. The summed E-state index contributed by atoms with van der Waals surface area (Å²) < 4.78 is 15.7. The van der Waals surface area contributed by atoms with Crippen molar-refractivity contribution in [3.8, 4) is 23.1 Å². The molecule has 0 N–H and O–H groups in total. The van der Waals surface area contributed by atoms with E-state index in [9.17, 15) is 4.79 Å². The van der Waals surface area contributed by atoms with Gasteiger partial charge in [-0.25, -0.2) is 4.79 Å². The Labute approximate surface area is 138 Å². The number of nitriles is 1. The third-order valence-electron chi connectivity index (χ3n) is 2.96. The van der Waals surface area contributed by atoms with Gasteiger partial charge in [0.15, 0.2) is 0 Å². The number of benzene rings is 1. The first-order valence-corrected chi connectivity index (χ1v) is 7.19. The predicted octanol–water partition coefficient (Wildman–Crippen LogP) is 4.08. The second-order valence-corrected chi connectivity index (χ2v) is 4.87. The van der Waals surface area contributed by atoms with Gasteiger partial charge in [-0.3, -0.25) is 0 Å². The number of hydrogen-bond donors (Lipinski definition) is 0. The molecule has 0 spiro atoms. The number of nitrogens with zero attached hydrogens (tertiary/aromatic N) is 1. The molecule has 2 rings (SSSR count). The third kappa shape index (κ3) is 3.93. The summed E-state index contributed by atoms with van der Waals surface area (Å²) in [7, 11) is 1.55. The molecule has 1 aromatic heterocycles. The summed E-state index contributed by atoms with van der Waals surface area (Å²) in [6, 6.07) is 10.3. The van der Waals surface area contributed by atoms with Crippen LogP contribution in [0.5, 0.6) is 5.75 Å². The number of methoxy groups -OCH3 is 1. The number of ether oxygens (including phenoxy) is 2. The smallest absolute Gasteiger partial charge is 0.349 e. The molecule has 0 bridgehead atoms. The molecule has 0 fully saturated rings. The van der Waals surface area contributed by atoms with E-state index in [-0.39, 0.29) is 12.2 Å². The average Bonchev–Trinajstić information content (AvgIpc) is 3.01. The predicted molar refractivity (Wildman–Crippen MR) is 85.9 cm³/mol. The zero-order valence-corrected chi connectivity index (χ0v) is 13.4. The molecule has 2 aromatic rings. The molecule has 0 unspecified atom stereocenters. The van der Waals surface area contributed by atoms with E-state index in [4.69, 9.17) is 30.8 Å². The highest BCUT2D eigenvalue weighted by Gasteiger charge is 2.13. The largest absolute Gasteiger partial charge is 0.496 e. The maximum absolute atomic E-state index is 11.6. The minimum atomic E-state index is -0.687. The Hall–Kier alpha value is -2.71. The zero-order chi connectivity index (χ0) is 16.8. The number of carbonyl (C=O) groups is 1. The third-order valence-corrected chi connectivity index (χ3v) is 3.19. The highest BCUT2D eigenvalue weighted by atomic mass is 35.5. The van der Waals surface area contributed by atoms with Crippen LogP contribution >= 0.6 is 11.6 Å². The lowest BCUT2D eigenvalue weighted by atomic mass is 10.1. The van der Waals surface area contributed by atoms with E-state index >= 15 is 0 Å². The van der Waals surface area contributed by atoms with Gasteiger partial charge in [0.05, 0.1) is 19.3 Å². The van der Waals surface area contributed by atoms with E-state index in [0.29, 0.717) is 27.9 Å². The van der Waals surface area contributed by atoms with Crippen LogP contribution in [0, 0.1) is 11.3 Å². The van der Waals surface area contributed by atoms with E-state index in [1.165, 1.54) is 6.08 Å². The van der Waals surface area contributed by atoms with Crippen LogP contribution in [0.4, 0.5) is 0 Å². The highest BCUT2D eigenvalue weighted by molar-refractivity contribution is 6.30. The quantitative estimate of drug-likeness (QED) is 0.469. The first-order chi connectivity index (χ1) is 11.1. The summed E-state index contributed by atoms with van der Waals surface area (Å²) in [6.07, 6.45) is 1.33. The molecular weight excluding hydrogens is 318 g/mol. The molecule has 0 radical (unpaired) electrons. The van der Waals surface area contributed by atoms with E-state index in [1.807, 2.05) is 0 Å². The lowest BCUT2D eigenvalue weighted by molar-refractivity contribution is -0.137. The molecule has 0 amide bonds. The fraction of sp³-hybridized carbons (Fsp3) is 0.176. The molecule has 0 aliphatic rings. The van der Waals surface area contributed by atoms with E-state index in [1.54, 1.807) is 50.4 Å². The number of hydrogen-bond acceptors (Lipinski definition) is 5. The van der Waals surface area contributed by atoms with Crippen LogP contribution in [0.2, 0.25) is 5.02 Å². The number of carbonyl (C=O) groups excluding carboxylic acids is 1. The number of esters is 1. The van der Waals surface area contributed by atoms with E-state index in [2.05, 4.69) is 0 Å². The van der Waals surface area contributed by atoms with Crippen molar-refractivity contribution in [1.29, 1.82) is 5.26 Å². The van der Waals surface area contributed by atoms with Gasteiger partial charge in [-0.1, -0.05) is 11.6 Å². The summed E-state index contributed by atoms with van der Waals surface area (Å²) in [5.74, 6) is 0.779. The Bertz CT molecular complexity index is 786. The van der Waals surface area contributed by atoms with Crippen LogP contribution in [-0.2, 0) is 9.53 Å². The van der Waals surface area contributed by atoms with Gasteiger partial charge in [-0.15, -0.1) is 0 Å². The van der Waals surface area contributed by atoms with Crippen molar-refractivity contribution in [3.05, 3.63) is 46.7 Å². The maximum atomic E-state index is 11.6. The molecule has 0 aliphatic heterocycles. The summed E-state index contributed by atoms with van der Waals surface area (Å²) in [5, 5.41) is 9.57. The number of rotatable bonds is 5. The second kappa shape index (κ2) is 7.52. The molecule has 1 heterocycles. The Morgan fingerprint density at radius 3 is 2.83 bits per heavy atom. The normalized spacial score (nSPS) is 11.0. The molecule has 0 saturated heterocycles. The number of halogens is 1. The fourth-order valence-electron chi connectivity index (χ4n) is 1.94. The first-order valence-electron chi connectivity index (χ1n) is 6.81. The Morgan fingerprint density at radius 1 is 1.39 bits per heavy atom. The molecule has 23 heavy (non-hydrogen) atoms. The van der Waals surface area contributed by atoms with Crippen LogP contribution in [-0.4, -0.2) is 19.7 Å². The van der Waals surface area contributed by atoms with Crippen LogP contribution in [0.1, 0.15) is 12.7 Å². The zero-order valence-electron chi connectivity index (χ0n) is 12.6. The van der Waals surface area contributed by atoms with Gasteiger partial charge in [0, 0.05) is 11.1 Å². The summed E-state index contributed by atoms with van der Waals surface area (Å²) in [5.41, 5.74) is 0.542. The van der Waals surface area contributed by atoms with E-state index < -0.39 is 5.97 Å². The SMILES string of the molecule is CCOC(=O)/C(C#N)=C/c1ccc(-c2cc(Cl)ccc2OC)o1. The molecular formula is C17H14ClNO4. The van der Waals surface area contributed by atoms with Gasteiger partial charge in [0.25, 0.3) is 0 Å². The molecule has 5 nitrogen and oxygen atoms in total. The van der Waals surface area contributed by atoms with Gasteiger partial charge in [0.1, 0.15) is 28.9 Å². The van der Waals surface area contributed by atoms with Crippen LogP contribution in [0.15, 0.2) is 40.3 Å². The Morgan fingerprint density at radius 2 is 2.17 bits per heavy atom. The van der Waals surface area contributed by atoms with Crippen molar-refractivity contribution >= 4 is 23.6 Å². The van der Waals surface area contributed by atoms with Gasteiger partial charge in [-0.05, 0) is 37.3 Å². The molecule has 0 aliphatic carbocycles. The summed E-state index contributed by atoms with van der Waals surface area (Å²) in [4.78, 5) is 11.6. The van der Waals surface area contributed by atoms with Crippen molar-refractivity contribution in [2.75, 3.05) is 13.7 Å². The molecule has 6 heteroatoms. The topological polar surface area (TPSA) is 72.5 Å². The summed E-state index contributed by atoms with van der Waals surface area (Å²) >= 11 is 6.00. The monoisotopic (exact) mass is 331 g/mol. The van der Waals surface area contributed by atoms with Crippen LogP contribution < -0.4 is 4.74 Å². The Balaban J connectivity index is 2.36. The lowest BCUT2D eigenvalue weighted by Gasteiger charge is -2.06. The number of furan rings is 1. The van der Waals surface area contributed by atoms with Crippen molar-refractivity contribution in [2.24, 2.45) is 0 Å². The van der Waals surface area contributed by atoms with Crippen LogP contribution in [0.25, 0.3) is 17.4 Å². The maximum Gasteiger partial charge on any atom is 0.349 e. The fourth-order valence-corrected chi connectivity index (χ4v) is 2.11. The molecule has 118 valence electrons. The van der Waals surface area contributed by atoms with Crippen molar-refractivity contribution in [1.82, 2.24) is 0 Å². The minimum Gasteiger partial charge on any atom is -0.496 e. The first kappa shape index (κ1) is 16.7. The van der Waals surface area contributed by atoms with Crippen molar-refractivity contribution in [3.63, 3.8) is 0 Å². The lowest BCUT2D eigenvalue weighted by Crippen LogP contribution is -2.05. The average molecular weight is 332 g/mol. The van der Waals surface area contributed by atoms with Gasteiger partial charge < -0.3 is 13.9 Å². The molecule has 1 aromatic carbocycles. The standard InChI is InChI=1S/C17H14ClNO4/c1-3-22-17(20)11(10-19)8-13-5-7-16(23-13)14-9-12(18)4-6-15(14)21-2/h4-9H,3H2,1-2H3/b11-8+. The van der Waals surface area contributed by atoms with Crippen molar-refractivity contribution in [2.45, 2.75) is 6.92 Å². The van der Waals surface area contributed by atoms with Crippen molar-refractivity contribution < 1.29 is 18.7 Å².